The lowest BCUT2D eigenvalue weighted by atomic mass is 10.0. The number of benzene rings is 2. The van der Waals surface area contributed by atoms with Gasteiger partial charge in [0.1, 0.15) is 23.5 Å². The van der Waals surface area contributed by atoms with Crippen molar-refractivity contribution >= 4 is 15.9 Å². The standard InChI is InChI=1S/C14H11BrF2O2/c1-19-9-4-2-3-8(7-9)14(18)12-11(16)6-5-10(15)13(12)17/h2-7,14,18H,1H3. The summed E-state index contributed by atoms with van der Waals surface area (Å²) in [6.45, 7) is 0. The first kappa shape index (κ1) is 14.0. The molecule has 0 spiro atoms. The molecule has 0 amide bonds. The van der Waals surface area contributed by atoms with E-state index >= 15 is 0 Å². The van der Waals surface area contributed by atoms with Crippen LogP contribution in [0.2, 0.25) is 0 Å². The Morgan fingerprint density at radius 1 is 1.21 bits per heavy atom. The number of hydrogen-bond acceptors (Lipinski definition) is 2. The van der Waals surface area contributed by atoms with Crippen LogP contribution in [0.1, 0.15) is 17.2 Å². The lowest BCUT2D eigenvalue weighted by Crippen LogP contribution is -2.06. The average Bonchev–Trinajstić information content (AvgIpc) is 2.43. The van der Waals surface area contributed by atoms with E-state index in [9.17, 15) is 13.9 Å². The summed E-state index contributed by atoms with van der Waals surface area (Å²) in [4.78, 5) is 0. The van der Waals surface area contributed by atoms with E-state index in [1.807, 2.05) is 0 Å². The Bertz CT molecular complexity index is 602. The van der Waals surface area contributed by atoms with E-state index in [0.29, 0.717) is 11.3 Å². The Morgan fingerprint density at radius 2 is 1.95 bits per heavy atom. The average molecular weight is 329 g/mol. The van der Waals surface area contributed by atoms with Crippen molar-refractivity contribution in [3.05, 3.63) is 63.6 Å². The molecule has 0 saturated carbocycles. The molecule has 1 N–H and O–H groups in total. The fraction of sp³-hybridized carbons (Fsp3) is 0.143. The molecular formula is C14H11BrF2O2. The summed E-state index contributed by atoms with van der Waals surface area (Å²) >= 11 is 2.97. The van der Waals surface area contributed by atoms with Crippen molar-refractivity contribution in [3.63, 3.8) is 0 Å². The van der Waals surface area contributed by atoms with Gasteiger partial charge in [-0.05, 0) is 45.8 Å². The molecule has 0 aliphatic rings. The number of aliphatic hydroxyl groups excluding tert-OH is 1. The van der Waals surface area contributed by atoms with Crippen LogP contribution in [0.3, 0.4) is 0 Å². The molecule has 0 fully saturated rings. The molecule has 0 aliphatic heterocycles. The fourth-order valence-corrected chi connectivity index (χ4v) is 2.12. The number of ether oxygens (including phenoxy) is 1. The monoisotopic (exact) mass is 328 g/mol. The summed E-state index contributed by atoms with van der Waals surface area (Å²) in [6.07, 6.45) is -1.40. The third-order valence-electron chi connectivity index (χ3n) is 2.76. The van der Waals surface area contributed by atoms with Gasteiger partial charge in [-0.15, -0.1) is 0 Å². The third kappa shape index (κ3) is 2.77. The topological polar surface area (TPSA) is 29.5 Å². The Morgan fingerprint density at radius 3 is 2.63 bits per heavy atom. The molecule has 2 aromatic rings. The maximum absolute atomic E-state index is 13.9. The van der Waals surface area contributed by atoms with Gasteiger partial charge in [0.25, 0.3) is 0 Å². The van der Waals surface area contributed by atoms with E-state index in [1.54, 1.807) is 18.2 Å². The minimum atomic E-state index is -1.40. The molecule has 1 unspecified atom stereocenters. The van der Waals surface area contributed by atoms with E-state index in [2.05, 4.69) is 15.9 Å². The molecule has 2 rings (SSSR count). The molecule has 0 aliphatic carbocycles. The van der Waals surface area contributed by atoms with Crippen LogP contribution >= 0.6 is 15.9 Å². The number of halogens is 3. The first-order chi connectivity index (χ1) is 9.04. The highest BCUT2D eigenvalue weighted by Gasteiger charge is 2.21. The molecule has 0 radical (unpaired) electrons. The highest BCUT2D eigenvalue weighted by Crippen LogP contribution is 2.31. The summed E-state index contributed by atoms with van der Waals surface area (Å²) < 4.78 is 32.7. The minimum Gasteiger partial charge on any atom is -0.497 e. The molecule has 2 nitrogen and oxygen atoms in total. The zero-order valence-corrected chi connectivity index (χ0v) is 11.6. The molecule has 1 atom stereocenters. The Labute approximate surface area is 117 Å². The number of rotatable bonds is 3. The summed E-state index contributed by atoms with van der Waals surface area (Å²) in [5.41, 5.74) is -0.0297. The molecular weight excluding hydrogens is 318 g/mol. The van der Waals surface area contributed by atoms with E-state index in [4.69, 9.17) is 4.74 Å². The number of methoxy groups -OCH3 is 1. The summed E-state index contributed by atoms with van der Waals surface area (Å²) in [5, 5.41) is 10.1. The van der Waals surface area contributed by atoms with Crippen LogP contribution in [0.25, 0.3) is 0 Å². The zero-order valence-electron chi connectivity index (χ0n) is 10.0. The van der Waals surface area contributed by atoms with Gasteiger partial charge in [0.15, 0.2) is 0 Å². The van der Waals surface area contributed by atoms with Gasteiger partial charge in [-0.2, -0.15) is 0 Å². The lowest BCUT2D eigenvalue weighted by Gasteiger charge is -2.15. The van der Waals surface area contributed by atoms with Gasteiger partial charge < -0.3 is 9.84 Å². The van der Waals surface area contributed by atoms with Gasteiger partial charge in [0.05, 0.1) is 17.1 Å². The molecule has 19 heavy (non-hydrogen) atoms. The molecule has 0 heterocycles. The van der Waals surface area contributed by atoms with E-state index in [0.717, 1.165) is 6.07 Å². The van der Waals surface area contributed by atoms with Crippen LogP contribution in [0.4, 0.5) is 8.78 Å². The maximum Gasteiger partial charge on any atom is 0.146 e. The van der Waals surface area contributed by atoms with Crippen LogP contribution in [-0.4, -0.2) is 12.2 Å². The molecule has 2 aromatic carbocycles. The predicted molar refractivity (Wildman–Crippen MR) is 71.1 cm³/mol. The molecule has 0 aromatic heterocycles. The van der Waals surface area contributed by atoms with Crippen molar-refractivity contribution in [1.29, 1.82) is 0 Å². The smallest absolute Gasteiger partial charge is 0.146 e. The Hall–Kier alpha value is -1.46. The minimum absolute atomic E-state index is 0.103. The third-order valence-corrected chi connectivity index (χ3v) is 3.37. The van der Waals surface area contributed by atoms with Crippen molar-refractivity contribution in [2.45, 2.75) is 6.10 Å². The highest BCUT2D eigenvalue weighted by atomic mass is 79.9. The first-order valence-electron chi connectivity index (χ1n) is 5.50. The second-order valence-electron chi connectivity index (χ2n) is 3.94. The van der Waals surface area contributed by atoms with Crippen LogP contribution in [0, 0.1) is 11.6 Å². The SMILES string of the molecule is COc1cccc(C(O)c2c(F)ccc(Br)c2F)c1. The van der Waals surface area contributed by atoms with Crippen LogP contribution in [0.15, 0.2) is 40.9 Å². The molecule has 0 bridgehead atoms. The van der Waals surface area contributed by atoms with Crippen molar-refractivity contribution in [3.8, 4) is 5.75 Å². The van der Waals surface area contributed by atoms with Crippen molar-refractivity contribution in [1.82, 2.24) is 0 Å². The molecule has 5 heteroatoms. The van der Waals surface area contributed by atoms with Crippen LogP contribution < -0.4 is 4.74 Å². The second kappa shape index (κ2) is 5.67. The van der Waals surface area contributed by atoms with E-state index in [-0.39, 0.29) is 10.0 Å². The van der Waals surface area contributed by atoms with Crippen LogP contribution in [0.5, 0.6) is 5.75 Å². The first-order valence-corrected chi connectivity index (χ1v) is 6.29. The number of hydrogen-bond donors (Lipinski definition) is 1. The van der Waals surface area contributed by atoms with E-state index in [1.165, 1.54) is 19.2 Å². The Kier molecular flexibility index (Phi) is 4.17. The van der Waals surface area contributed by atoms with Crippen molar-refractivity contribution in [2.24, 2.45) is 0 Å². The largest absolute Gasteiger partial charge is 0.497 e. The fourth-order valence-electron chi connectivity index (χ4n) is 1.77. The summed E-state index contributed by atoms with van der Waals surface area (Å²) in [5.74, 6) is -1.10. The number of aliphatic hydroxyl groups is 1. The predicted octanol–water partition coefficient (Wildman–Crippen LogP) is 3.82. The lowest BCUT2D eigenvalue weighted by molar-refractivity contribution is 0.208. The van der Waals surface area contributed by atoms with Gasteiger partial charge in [0.2, 0.25) is 0 Å². The van der Waals surface area contributed by atoms with Gasteiger partial charge >= 0.3 is 0 Å². The second-order valence-corrected chi connectivity index (χ2v) is 4.79. The van der Waals surface area contributed by atoms with Gasteiger partial charge in [-0.3, -0.25) is 0 Å². The Balaban J connectivity index is 2.49. The summed E-state index contributed by atoms with van der Waals surface area (Å²) in [7, 11) is 1.48. The maximum atomic E-state index is 13.9. The molecule has 0 saturated heterocycles. The molecule has 100 valence electrons. The zero-order chi connectivity index (χ0) is 14.0. The van der Waals surface area contributed by atoms with Crippen LogP contribution in [-0.2, 0) is 0 Å². The normalized spacial score (nSPS) is 12.3. The van der Waals surface area contributed by atoms with Gasteiger partial charge in [0, 0.05) is 0 Å². The quantitative estimate of drug-likeness (QED) is 0.868. The van der Waals surface area contributed by atoms with Crippen molar-refractivity contribution < 1.29 is 18.6 Å². The highest BCUT2D eigenvalue weighted by molar-refractivity contribution is 9.10. The summed E-state index contributed by atoms with van der Waals surface area (Å²) in [6, 6.07) is 8.80. The van der Waals surface area contributed by atoms with Gasteiger partial charge in [-0.1, -0.05) is 12.1 Å². The van der Waals surface area contributed by atoms with E-state index < -0.39 is 17.7 Å². The van der Waals surface area contributed by atoms with Gasteiger partial charge in [-0.25, -0.2) is 8.78 Å². The van der Waals surface area contributed by atoms with Crippen molar-refractivity contribution in [2.75, 3.05) is 7.11 Å².